The summed E-state index contributed by atoms with van der Waals surface area (Å²) in [4.78, 5) is 23.4. The van der Waals surface area contributed by atoms with Crippen LogP contribution in [0.5, 0.6) is 0 Å². The number of carbonyl (C=O) groups is 2. The van der Waals surface area contributed by atoms with Gasteiger partial charge in [0.25, 0.3) is 0 Å². The topological polar surface area (TPSA) is 43.4 Å². The molecule has 0 bridgehead atoms. The van der Waals surface area contributed by atoms with Crippen molar-refractivity contribution in [2.45, 2.75) is 31.8 Å². The van der Waals surface area contributed by atoms with Crippen LogP contribution < -0.4 is 0 Å². The molecule has 18 heavy (non-hydrogen) atoms. The summed E-state index contributed by atoms with van der Waals surface area (Å²) in [6, 6.07) is 4.51. The van der Waals surface area contributed by atoms with Crippen LogP contribution in [0.2, 0.25) is 10.0 Å². The third-order valence-electron chi connectivity index (χ3n) is 2.90. The van der Waals surface area contributed by atoms with Crippen molar-refractivity contribution in [3.05, 3.63) is 33.8 Å². The lowest BCUT2D eigenvalue weighted by molar-refractivity contribution is -0.129. The van der Waals surface area contributed by atoms with Crippen molar-refractivity contribution < 1.29 is 14.3 Å². The van der Waals surface area contributed by atoms with E-state index in [1.807, 2.05) is 0 Å². The van der Waals surface area contributed by atoms with E-state index in [2.05, 4.69) is 0 Å². The lowest BCUT2D eigenvalue weighted by atomic mass is 9.96. The first kappa shape index (κ1) is 13.4. The molecular weight excluding hydrogens is 275 g/mol. The van der Waals surface area contributed by atoms with Crippen molar-refractivity contribution >= 4 is 35.0 Å². The number of ketones is 1. The summed E-state index contributed by atoms with van der Waals surface area (Å²) in [7, 11) is 0. The van der Waals surface area contributed by atoms with Crippen LogP contribution in [-0.2, 0) is 9.53 Å². The van der Waals surface area contributed by atoms with Crippen molar-refractivity contribution in [1.82, 2.24) is 0 Å². The van der Waals surface area contributed by atoms with Crippen LogP contribution in [0, 0.1) is 0 Å². The van der Waals surface area contributed by atoms with Crippen LogP contribution in [0.3, 0.4) is 0 Å². The highest BCUT2D eigenvalue weighted by atomic mass is 35.5. The summed E-state index contributed by atoms with van der Waals surface area (Å²) in [6.45, 7) is 0. The Labute approximate surface area is 115 Å². The molecule has 0 radical (unpaired) electrons. The number of hydrogen-bond donors (Lipinski definition) is 0. The van der Waals surface area contributed by atoms with Crippen LogP contribution in [0.25, 0.3) is 0 Å². The largest absolute Gasteiger partial charge is 0.451 e. The molecule has 1 aliphatic rings. The van der Waals surface area contributed by atoms with Crippen LogP contribution >= 0.6 is 23.2 Å². The van der Waals surface area contributed by atoms with Crippen molar-refractivity contribution in [3.63, 3.8) is 0 Å². The first-order valence-electron chi connectivity index (χ1n) is 5.76. The van der Waals surface area contributed by atoms with Gasteiger partial charge in [0.05, 0.1) is 15.6 Å². The lowest BCUT2D eigenvalue weighted by Gasteiger charge is -2.20. The fourth-order valence-corrected chi connectivity index (χ4v) is 2.19. The molecule has 3 nitrogen and oxygen atoms in total. The fourth-order valence-electron chi connectivity index (χ4n) is 1.90. The zero-order valence-corrected chi connectivity index (χ0v) is 11.1. The molecule has 0 aliphatic heterocycles. The standard InChI is InChI=1S/C13H12Cl2O3/c14-9-6-5-8(7-10(9)15)13(17)18-12-4-2-1-3-11(12)16/h5-7,12H,1-4H2. The molecule has 1 fully saturated rings. The molecule has 1 saturated carbocycles. The third-order valence-corrected chi connectivity index (χ3v) is 3.64. The molecule has 1 aromatic rings. The van der Waals surface area contributed by atoms with Crippen LogP contribution in [-0.4, -0.2) is 17.9 Å². The van der Waals surface area contributed by atoms with Gasteiger partial charge in [-0.2, -0.15) is 0 Å². The van der Waals surface area contributed by atoms with E-state index in [4.69, 9.17) is 27.9 Å². The Hall–Kier alpha value is -1.06. The highest BCUT2D eigenvalue weighted by molar-refractivity contribution is 6.42. The molecule has 1 atom stereocenters. The van der Waals surface area contributed by atoms with E-state index in [1.165, 1.54) is 18.2 Å². The lowest BCUT2D eigenvalue weighted by Crippen LogP contribution is -2.30. The number of hydrogen-bond acceptors (Lipinski definition) is 3. The molecule has 0 saturated heterocycles. The number of ether oxygens (including phenoxy) is 1. The van der Waals surface area contributed by atoms with Crippen LogP contribution in [0.1, 0.15) is 36.0 Å². The Morgan fingerprint density at radius 1 is 1.22 bits per heavy atom. The normalized spacial score (nSPS) is 19.7. The van der Waals surface area contributed by atoms with E-state index in [-0.39, 0.29) is 5.78 Å². The van der Waals surface area contributed by atoms with Crippen LogP contribution in [0.4, 0.5) is 0 Å². The summed E-state index contributed by atoms with van der Waals surface area (Å²) >= 11 is 11.6. The fraction of sp³-hybridized carbons (Fsp3) is 0.385. The maximum absolute atomic E-state index is 11.8. The Morgan fingerprint density at radius 3 is 2.67 bits per heavy atom. The van der Waals surface area contributed by atoms with E-state index in [0.29, 0.717) is 28.5 Å². The number of esters is 1. The van der Waals surface area contributed by atoms with Crippen molar-refractivity contribution in [2.24, 2.45) is 0 Å². The Bertz CT molecular complexity index is 485. The monoisotopic (exact) mass is 286 g/mol. The molecule has 1 aromatic carbocycles. The molecule has 0 N–H and O–H groups in total. The smallest absolute Gasteiger partial charge is 0.338 e. The number of benzene rings is 1. The number of Topliss-reactive ketones (excluding diaryl/α,β-unsaturated/α-hetero) is 1. The highest BCUT2D eigenvalue weighted by Gasteiger charge is 2.26. The van der Waals surface area contributed by atoms with E-state index in [9.17, 15) is 9.59 Å². The van der Waals surface area contributed by atoms with Crippen molar-refractivity contribution in [3.8, 4) is 0 Å². The number of carbonyl (C=O) groups excluding carboxylic acids is 2. The van der Waals surface area contributed by atoms with Gasteiger partial charge in [-0.25, -0.2) is 4.79 Å². The highest BCUT2D eigenvalue weighted by Crippen LogP contribution is 2.24. The zero-order chi connectivity index (χ0) is 13.1. The maximum Gasteiger partial charge on any atom is 0.338 e. The van der Waals surface area contributed by atoms with Crippen molar-refractivity contribution in [1.29, 1.82) is 0 Å². The predicted octanol–water partition coefficient (Wildman–Crippen LogP) is 3.66. The van der Waals surface area contributed by atoms with Gasteiger partial charge in [0.15, 0.2) is 11.9 Å². The van der Waals surface area contributed by atoms with E-state index < -0.39 is 12.1 Å². The van der Waals surface area contributed by atoms with Gasteiger partial charge in [-0.3, -0.25) is 4.79 Å². The van der Waals surface area contributed by atoms with Gasteiger partial charge >= 0.3 is 5.97 Å². The average Bonchev–Trinajstić information content (AvgIpc) is 2.35. The number of halogens is 2. The second-order valence-electron chi connectivity index (χ2n) is 4.23. The minimum Gasteiger partial charge on any atom is -0.451 e. The SMILES string of the molecule is O=C(OC1CCCCC1=O)c1ccc(Cl)c(Cl)c1. The van der Waals surface area contributed by atoms with Gasteiger partial charge < -0.3 is 4.74 Å². The quantitative estimate of drug-likeness (QED) is 0.779. The van der Waals surface area contributed by atoms with Gasteiger partial charge in [0.1, 0.15) is 0 Å². The van der Waals surface area contributed by atoms with E-state index >= 15 is 0 Å². The molecule has 5 heteroatoms. The molecule has 1 unspecified atom stereocenters. The predicted molar refractivity (Wildman–Crippen MR) is 69.1 cm³/mol. The Morgan fingerprint density at radius 2 is 2.00 bits per heavy atom. The molecule has 0 amide bonds. The minimum absolute atomic E-state index is 0.00494. The van der Waals surface area contributed by atoms with E-state index in [0.717, 1.165) is 12.8 Å². The minimum atomic E-state index is -0.610. The molecule has 2 rings (SSSR count). The van der Waals surface area contributed by atoms with Gasteiger partial charge in [-0.15, -0.1) is 0 Å². The van der Waals surface area contributed by atoms with Gasteiger partial charge in [-0.1, -0.05) is 23.2 Å². The molecule has 96 valence electrons. The van der Waals surface area contributed by atoms with Gasteiger partial charge in [0.2, 0.25) is 0 Å². The second-order valence-corrected chi connectivity index (χ2v) is 5.05. The second kappa shape index (κ2) is 5.72. The zero-order valence-electron chi connectivity index (χ0n) is 9.62. The summed E-state index contributed by atoms with van der Waals surface area (Å²) in [5.74, 6) is -0.538. The first-order valence-corrected chi connectivity index (χ1v) is 6.52. The van der Waals surface area contributed by atoms with E-state index in [1.54, 1.807) is 0 Å². The average molecular weight is 287 g/mol. The molecule has 0 aromatic heterocycles. The Balaban J connectivity index is 2.07. The number of rotatable bonds is 2. The summed E-state index contributed by atoms with van der Waals surface area (Å²) in [5.41, 5.74) is 0.308. The summed E-state index contributed by atoms with van der Waals surface area (Å²) in [6.07, 6.45) is 2.26. The Kier molecular flexibility index (Phi) is 4.25. The molecule has 1 aliphatic carbocycles. The van der Waals surface area contributed by atoms with Crippen LogP contribution in [0.15, 0.2) is 18.2 Å². The van der Waals surface area contributed by atoms with Gasteiger partial charge in [0, 0.05) is 6.42 Å². The first-order chi connectivity index (χ1) is 8.58. The third kappa shape index (κ3) is 3.03. The summed E-state index contributed by atoms with van der Waals surface area (Å²) < 4.78 is 5.19. The molecule has 0 heterocycles. The summed E-state index contributed by atoms with van der Waals surface area (Å²) in [5, 5.41) is 0.669. The van der Waals surface area contributed by atoms with Crippen molar-refractivity contribution in [2.75, 3.05) is 0 Å². The molecular formula is C13H12Cl2O3. The molecule has 0 spiro atoms. The maximum atomic E-state index is 11.8. The van der Waals surface area contributed by atoms with Gasteiger partial charge in [-0.05, 0) is 37.5 Å².